The SMILES string of the molecule is CCOC(=O)[C@@H](CN)[C@@](C)(CC)Nc1ccccc1. The minimum atomic E-state index is -0.414. The molecule has 1 aromatic rings. The van der Waals surface area contributed by atoms with E-state index >= 15 is 0 Å². The topological polar surface area (TPSA) is 64.3 Å². The number of rotatable bonds is 7. The molecular weight excluding hydrogens is 240 g/mol. The summed E-state index contributed by atoms with van der Waals surface area (Å²) >= 11 is 0. The molecule has 0 saturated carbocycles. The average molecular weight is 264 g/mol. The number of anilines is 1. The molecule has 0 aliphatic rings. The van der Waals surface area contributed by atoms with E-state index in [1.807, 2.05) is 44.2 Å². The van der Waals surface area contributed by atoms with Crippen LogP contribution < -0.4 is 11.1 Å². The molecule has 1 rings (SSSR count). The van der Waals surface area contributed by atoms with E-state index in [0.717, 1.165) is 12.1 Å². The van der Waals surface area contributed by atoms with Gasteiger partial charge in [0.25, 0.3) is 0 Å². The summed E-state index contributed by atoms with van der Waals surface area (Å²) in [6.07, 6.45) is 0.780. The van der Waals surface area contributed by atoms with Crippen LogP contribution in [0.1, 0.15) is 27.2 Å². The second kappa shape index (κ2) is 7.14. The van der Waals surface area contributed by atoms with E-state index in [2.05, 4.69) is 5.32 Å². The van der Waals surface area contributed by atoms with Crippen molar-refractivity contribution in [3.63, 3.8) is 0 Å². The summed E-state index contributed by atoms with van der Waals surface area (Å²) < 4.78 is 5.12. The Labute approximate surface area is 115 Å². The van der Waals surface area contributed by atoms with Crippen molar-refractivity contribution in [2.75, 3.05) is 18.5 Å². The van der Waals surface area contributed by atoms with Gasteiger partial charge in [-0.3, -0.25) is 4.79 Å². The number of para-hydroxylation sites is 1. The fraction of sp³-hybridized carbons (Fsp3) is 0.533. The quantitative estimate of drug-likeness (QED) is 0.742. The zero-order valence-electron chi connectivity index (χ0n) is 12.0. The first-order valence-electron chi connectivity index (χ1n) is 6.77. The standard InChI is InChI=1S/C15H24N2O2/c1-4-15(3,13(11-16)14(18)19-5-2)17-12-9-7-6-8-10-12/h6-10,13,17H,4-5,11,16H2,1-3H3/t13-,15-/m1/s1. The van der Waals surface area contributed by atoms with E-state index in [1.165, 1.54) is 0 Å². The van der Waals surface area contributed by atoms with Crippen LogP contribution in [0.4, 0.5) is 5.69 Å². The summed E-state index contributed by atoms with van der Waals surface area (Å²) in [5.74, 6) is -0.601. The normalized spacial score (nSPS) is 15.4. The highest BCUT2D eigenvalue weighted by atomic mass is 16.5. The van der Waals surface area contributed by atoms with E-state index in [9.17, 15) is 4.79 Å². The fourth-order valence-corrected chi connectivity index (χ4v) is 2.13. The van der Waals surface area contributed by atoms with Crippen molar-refractivity contribution < 1.29 is 9.53 Å². The summed E-state index contributed by atoms with van der Waals surface area (Å²) in [6.45, 7) is 6.50. The monoisotopic (exact) mass is 264 g/mol. The predicted molar refractivity (Wildman–Crippen MR) is 77.9 cm³/mol. The molecule has 0 aromatic heterocycles. The van der Waals surface area contributed by atoms with Gasteiger partial charge < -0.3 is 15.8 Å². The molecule has 0 bridgehead atoms. The summed E-state index contributed by atoms with van der Waals surface area (Å²) in [5, 5.41) is 3.41. The van der Waals surface area contributed by atoms with Crippen molar-refractivity contribution in [3.8, 4) is 0 Å². The molecule has 3 N–H and O–H groups in total. The fourth-order valence-electron chi connectivity index (χ4n) is 2.13. The van der Waals surface area contributed by atoms with E-state index in [0.29, 0.717) is 6.61 Å². The summed E-state index contributed by atoms with van der Waals surface area (Å²) in [6, 6.07) is 9.83. The molecule has 19 heavy (non-hydrogen) atoms. The minimum absolute atomic E-state index is 0.238. The average Bonchev–Trinajstić information content (AvgIpc) is 2.41. The van der Waals surface area contributed by atoms with Crippen LogP contribution in [-0.2, 0) is 9.53 Å². The molecule has 0 aliphatic carbocycles. The molecule has 0 fully saturated rings. The van der Waals surface area contributed by atoms with Crippen LogP contribution >= 0.6 is 0 Å². The third-order valence-corrected chi connectivity index (χ3v) is 3.51. The van der Waals surface area contributed by atoms with Gasteiger partial charge in [0, 0.05) is 17.8 Å². The van der Waals surface area contributed by atoms with Crippen LogP contribution in [0.15, 0.2) is 30.3 Å². The summed E-state index contributed by atoms with van der Waals surface area (Å²) in [4.78, 5) is 12.0. The zero-order chi connectivity index (χ0) is 14.3. The number of ether oxygens (including phenoxy) is 1. The maximum Gasteiger partial charge on any atom is 0.312 e. The number of hydrogen-bond acceptors (Lipinski definition) is 4. The van der Waals surface area contributed by atoms with E-state index < -0.39 is 5.54 Å². The highest BCUT2D eigenvalue weighted by Gasteiger charge is 2.37. The lowest BCUT2D eigenvalue weighted by Crippen LogP contribution is -2.50. The van der Waals surface area contributed by atoms with Gasteiger partial charge in [0.2, 0.25) is 0 Å². The minimum Gasteiger partial charge on any atom is -0.466 e. The maximum atomic E-state index is 12.0. The van der Waals surface area contributed by atoms with Gasteiger partial charge in [-0.2, -0.15) is 0 Å². The molecular formula is C15H24N2O2. The first-order chi connectivity index (χ1) is 9.07. The molecule has 4 heteroatoms. The Morgan fingerprint density at radius 2 is 2.00 bits per heavy atom. The summed E-state index contributed by atoms with van der Waals surface area (Å²) in [5.41, 5.74) is 6.35. The van der Waals surface area contributed by atoms with Crippen LogP contribution in [-0.4, -0.2) is 24.7 Å². The van der Waals surface area contributed by atoms with Crippen molar-refractivity contribution in [1.82, 2.24) is 0 Å². The second-order valence-electron chi connectivity index (χ2n) is 4.80. The first kappa shape index (κ1) is 15.5. The maximum absolute atomic E-state index is 12.0. The molecule has 0 aliphatic heterocycles. The molecule has 4 nitrogen and oxygen atoms in total. The van der Waals surface area contributed by atoms with Crippen LogP contribution in [0.25, 0.3) is 0 Å². The molecule has 0 heterocycles. The number of nitrogens with two attached hydrogens (primary N) is 1. The first-order valence-corrected chi connectivity index (χ1v) is 6.77. The Morgan fingerprint density at radius 3 is 2.47 bits per heavy atom. The number of esters is 1. The largest absolute Gasteiger partial charge is 0.466 e. The van der Waals surface area contributed by atoms with Gasteiger partial charge in [0.15, 0.2) is 0 Å². The van der Waals surface area contributed by atoms with E-state index in [-0.39, 0.29) is 18.4 Å². The predicted octanol–water partition coefficient (Wildman–Crippen LogP) is 2.41. The number of carbonyl (C=O) groups is 1. The molecule has 106 valence electrons. The molecule has 1 aromatic carbocycles. The Kier molecular flexibility index (Phi) is 5.83. The molecule has 0 spiro atoms. The van der Waals surface area contributed by atoms with Crippen LogP contribution in [0, 0.1) is 5.92 Å². The Morgan fingerprint density at radius 1 is 1.37 bits per heavy atom. The van der Waals surface area contributed by atoms with Gasteiger partial charge in [-0.1, -0.05) is 25.1 Å². The van der Waals surface area contributed by atoms with Crippen molar-refractivity contribution in [1.29, 1.82) is 0 Å². The van der Waals surface area contributed by atoms with Crippen molar-refractivity contribution in [2.24, 2.45) is 11.7 Å². The Hall–Kier alpha value is -1.55. The lowest BCUT2D eigenvalue weighted by molar-refractivity contribution is -0.149. The van der Waals surface area contributed by atoms with Crippen LogP contribution in [0.3, 0.4) is 0 Å². The second-order valence-corrected chi connectivity index (χ2v) is 4.80. The van der Waals surface area contributed by atoms with Crippen molar-refractivity contribution in [2.45, 2.75) is 32.7 Å². The van der Waals surface area contributed by atoms with Gasteiger partial charge in [-0.05, 0) is 32.4 Å². The number of hydrogen-bond donors (Lipinski definition) is 2. The Bertz CT molecular complexity index is 394. The molecule has 0 unspecified atom stereocenters. The lowest BCUT2D eigenvalue weighted by atomic mass is 9.82. The van der Waals surface area contributed by atoms with Gasteiger partial charge >= 0.3 is 5.97 Å². The van der Waals surface area contributed by atoms with Crippen molar-refractivity contribution >= 4 is 11.7 Å². The van der Waals surface area contributed by atoms with Gasteiger partial charge in [-0.15, -0.1) is 0 Å². The number of carbonyl (C=O) groups excluding carboxylic acids is 1. The van der Waals surface area contributed by atoms with Crippen molar-refractivity contribution in [3.05, 3.63) is 30.3 Å². The highest BCUT2D eigenvalue weighted by molar-refractivity contribution is 5.75. The van der Waals surface area contributed by atoms with Crippen LogP contribution in [0.2, 0.25) is 0 Å². The van der Waals surface area contributed by atoms with Gasteiger partial charge in [0.1, 0.15) is 0 Å². The number of nitrogens with one attached hydrogen (secondary N) is 1. The van der Waals surface area contributed by atoms with E-state index in [4.69, 9.17) is 10.5 Å². The third kappa shape index (κ3) is 3.96. The zero-order valence-corrected chi connectivity index (χ0v) is 12.0. The van der Waals surface area contributed by atoms with Gasteiger partial charge in [0.05, 0.1) is 12.5 Å². The number of benzene rings is 1. The molecule has 0 radical (unpaired) electrons. The molecule has 2 atom stereocenters. The molecule has 0 amide bonds. The van der Waals surface area contributed by atoms with Crippen LogP contribution in [0.5, 0.6) is 0 Å². The smallest absolute Gasteiger partial charge is 0.312 e. The summed E-state index contributed by atoms with van der Waals surface area (Å²) in [7, 11) is 0. The molecule has 0 saturated heterocycles. The van der Waals surface area contributed by atoms with E-state index in [1.54, 1.807) is 6.92 Å². The Balaban J connectivity index is 2.90. The highest BCUT2D eigenvalue weighted by Crippen LogP contribution is 2.27. The van der Waals surface area contributed by atoms with Gasteiger partial charge in [-0.25, -0.2) is 0 Å². The third-order valence-electron chi connectivity index (χ3n) is 3.51. The lowest BCUT2D eigenvalue weighted by Gasteiger charge is -2.36.